The number of nitrogens with zero attached hydrogens (tertiary/aromatic N) is 1. The van der Waals surface area contributed by atoms with Crippen LogP contribution in [0.15, 0.2) is 53.1 Å². The molecule has 0 aliphatic heterocycles. The van der Waals surface area contributed by atoms with Crippen molar-refractivity contribution in [3.05, 3.63) is 60.1 Å². The molecule has 0 fully saturated rings. The quantitative estimate of drug-likeness (QED) is 0.857. The summed E-state index contributed by atoms with van der Waals surface area (Å²) >= 11 is 0. The Kier molecular flexibility index (Phi) is 3.96. The van der Waals surface area contributed by atoms with Gasteiger partial charge in [-0.3, -0.25) is 0 Å². The van der Waals surface area contributed by atoms with Crippen LogP contribution in [0, 0.1) is 0 Å². The highest BCUT2D eigenvalue weighted by atomic mass is 16.3. The molecule has 1 heterocycles. The molecular weight excluding hydrogens is 212 g/mol. The first-order valence-electron chi connectivity index (χ1n) is 5.77. The summed E-state index contributed by atoms with van der Waals surface area (Å²) in [5.41, 5.74) is 7.35. The lowest BCUT2D eigenvalue weighted by Crippen LogP contribution is -2.28. The van der Waals surface area contributed by atoms with Crippen LogP contribution in [0.3, 0.4) is 0 Å². The van der Waals surface area contributed by atoms with Gasteiger partial charge < -0.3 is 15.1 Å². The van der Waals surface area contributed by atoms with Crippen molar-refractivity contribution in [1.29, 1.82) is 0 Å². The van der Waals surface area contributed by atoms with E-state index in [1.165, 1.54) is 5.56 Å². The van der Waals surface area contributed by atoms with Gasteiger partial charge in [-0.05, 0) is 24.7 Å². The van der Waals surface area contributed by atoms with E-state index in [9.17, 15) is 0 Å². The number of rotatable bonds is 5. The smallest absolute Gasteiger partial charge is 0.121 e. The Morgan fingerprint density at radius 3 is 2.59 bits per heavy atom. The summed E-state index contributed by atoms with van der Waals surface area (Å²) in [4.78, 5) is 2.20. The summed E-state index contributed by atoms with van der Waals surface area (Å²) in [6.45, 7) is 1.68. The maximum atomic E-state index is 6.06. The van der Waals surface area contributed by atoms with Gasteiger partial charge in [0.05, 0.1) is 12.3 Å². The highest BCUT2D eigenvalue weighted by Gasteiger charge is 2.11. The van der Waals surface area contributed by atoms with Crippen LogP contribution >= 0.6 is 0 Å². The van der Waals surface area contributed by atoms with Crippen molar-refractivity contribution >= 4 is 0 Å². The van der Waals surface area contributed by atoms with E-state index < -0.39 is 0 Å². The highest BCUT2D eigenvalue weighted by Crippen LogP contribution is 2.12. The molecule has 1 aromatic heterocycles. The van der Waals surface area contributed by atoms with Crippen molar-refractivity contribution in [1.82, 2.24) is 4.90 Å². The molecule has 90 valence electrons. The zero-order valence-electron chi connectivity index (χ0n) is 10.0. The minimum absolute atomic E-state index is 0.0706. The van der Waals surface area contributed by atoms with Gasteiger partial charge in [-0.2, -0.15) is 0 Å². The van der Waals surface area contributed by atoms with Gasteiger partial charge in [0.25, 0.3) is 0 Å². The lowest BCUT2D eigenvalue weighted by molar-refractivity contribution is 0.288. The Balaban J connectivity index is 1.87. The van der Waals surface area contributed by atoms with Crippen LogP contribution in [-0.4, -0.2) is 18.5 Å². The maximum Gasteiger partial charge on any atom is 0.121 e. The number of likely N-dealkylation sites (N-methyl/N-ethyl adjacent to an activating group) is 1. The fraction of sp³-hybridized carbons (Fsp3) is 0.286. The Morgan fingerprint density at radius 1 is 1.18 bits per heavy atom. The molecule has 17 heavy (non-hydrogen) atoms. The first kappa shape index (κ1) is 11.9. The SMILES string of the molecule is CN(Cc1ccccc1)CC(N)c1ccco1. The zero-order chi connectivity index (χ0) is 12.1. The molecule has 0 bridgehead atoms. The molecule has 0 aliphatic rings. The van der Waals surface area contributed by atoms with Gasteiger partial charge in [0.15, 0.2) is 0 Å². The van der Waals surface area contributed by atoms with Gasteiger partial charge in [-0.25, -0.2) is 0 Å². The van der Waals surface area contributed by atoms with Gasteiger partial charge in [-0.1, -0.05) is 30.3 Å². The first-order chi connectivity index (χ1) is 8.25. The average molecular weight is 230 g/mol. The summed E-state index contributed by atoms with van der Waals surface area (Å²) < 4.78 is 5.29. The zero-order valence-corrected chi connectivity index (χ0v) is 10.0. The predicted octanol–water partition coefficient (Wildman–Crippen LogP) is 2.41. The van der Waals surface area contributed by atoms with E-state index in [4.69, 9.17) is 10.2 Å². The Morgan fingerprint density at radius 2 is 1.94 bits per heavy atom. The third kappa shape index (κ3) is 3.44. The molecule has 0 saturated carbocycles. The molecule has 1 aromatic carbocycles. The number of hydrogen-bond acceptors (Lipinski definition) is 3. The number of benzene rings is 1. The second-order valence-electron chi connectivity index (χ2n) is 4.30. The third-order valence-electron chi connectivity index (χ3n) is 2.71. The van der Waals surface area contributed by atoms with Crippen LogP contribution < -0.4 is 5.73 Å². The summed E-state index contributed by atoms with van der Waals surface area (Å²) in [6.07, 6.45) is 1.66. The average Bonchev–Trinajstić information content (AvgIpc) is 2.83. The third-order valence-corrected chi connectivity index (χ3v) is 2.71. The van der Waals surface area contributed by atoms with E-state index in [1.54, 1.807) is 6.26 Å². The second-order valence-corrected chi connectivity index (χ2v) is 4.30. The van der Waals surface area contributed by atoms with Crippen LogP contribution in [0.25, 0.3) is 0 Å². The molecule has 1 atom stereocenters. The lowest BCUT2D eigenvalue weighted by Gasteiger charge is -2.20. The number of hydrogen-bond donors (Lipinski definition) is 1. The highest BCUT2D eigenvalue weighted by molar-refractivity contribution is 5.14. The van der Waals surface area contributed by atoms with Crippen LogP contribution in [0.5, 0.6) is 0 Å². The van der Waals surface area contributed by atoms with E-state index in [-0.39, 0.29) is 6.04 Å². The Hall–Kier alpha value is -1.58. The fourth-order valence-electron chi connectivity index (χ4n) is 1.89. The van der Waals surface area contributed by atoms with Crippen LogP contribution in [0.1, 0.15) is 17.4 Å². The van der Waals surface area contributed by atoms with Crippen molar-refractivity contribution in [2.45, 2.75) is 12.6 Å². The molecule has 3 nitrogen and oxygen atoms in total. The van der Waals surface area contributed by atoms with Gasteiger partial charge in [0, 0.05) is 13.1 Å². The summed E-state index contributed by atoms with van der Waals surface area (Å²) in [7, 11) is 2.07. The molecule has 0 spiro atoms. The normalized spacial score (nSPS) is 12.9. The lowest BCUT2D eigenvalue weighted by atomic mass is 10.2. The number of nitrogens with two attached hydrogens (primary N) is 1. The van der Waals surface area contributed by atoms with Crippen molar-refractivity contribution < 1.29 is 4.42 Å². The summed E-state index contributed by atoms with van der Waals surface area (Å²) in [5.74, 6) is 0.838. The second kappa shape index (κ2) is 5.66. The minimum Gasteiger partial charge on any atom is -0.468 e. The molecule has 0 radical (unpaired) electrons. The number of furan rings is 1. The minimum atomic E-state index is -0.0706. The van der Waals surface area contributed by atoms with Gasteiger partial charge >= 0.3 is 0 Å². The summed E-state index contributed by atoms with van der Waals surface area (Å²) in [5, 5.41) is 0. The van der Waals surface area contributed by atoms with Crippen molar-refractivity contribution in [2.75, 3.05) is 13.6 Å². The van der Waals surface area contributed by atoms with E-state index >= 15 is 0 Å². The first-order valence-corrected chi connectivity index (χ1v) is 5.77. The molecule has 1 unspecified atom stereocenters. The molecule has 2 N–H and O–H groups in total. The fourth-order valence-corrected chi connectivity index (χ4v) is 1.89. The van der Waals surface area contributed by atoms with E-state index in [2.05, 4.69) is 36.2 Å². The maximum absolute atomic E-state index is 6.06. The molecule has 2 rings (SSSR count). The monoisotopic (exact) mass is 230 g/mol. The standard InChI is InChI=1S/C14H18N2O/c1-16(10-12-6-3-2-4-7-12)11-13(15)14-8-5-9-17-14/h2-9,13H,10-11,15H2,1H3. The largest absolute Gasteiger partial charge is 0.468 e. The van der Waals surface area contributed by atoms with E-state index in [1.807, 2.05) is 18.2 Å². The van der Waals surface area contributed by atoms with E-state index in [0.29, 0.717) is 0 Å². The summed E-state index contributed by atoms with van der Waals surface area (Å²) in [6, 6.07) is 14.1. The van der Waals surface area contributed by atoms with Gasteiger partial charge in [0.2, 0.25) is 0 Å². The van der Waals surface area contributed by atoms with Crippen LogP contribution in [0.2, 0.25) is 0 Å². The van der Waals surface area contributed by atoms with Gasteiger partial charge in [-0.15, -0.1) is 0 Å². The van der Waals surface area contributed by atoms with Crippen LogP contribution in [-0.2, 0) is 6.54 Å². The predicted molar refractivity (Wildman–Crippen MR) is 68.4 cm³/mol. The van der Waals surface area contributed by atoms with Crippen molar-refractivity contribution in [2.24, 2.45) is 5.73 Å². The Labute approximate surface area is 102 Å². The molecular formula is C14H18N2O. The van der Waals surface area contributed by atoms with Crippen molar-refractivity contribution in [3.63, 3.8) is 0 Å². The Bertz CT molecular complexity index is 425. The van der Waals surface area contributed by atoms with E-state index in [0.717, 1.165) is 18.8 Å². The van der Waals surface area contributed by atoms with Crippen LogP contribution in [0.4, 0.5) is 0 Å². The molecule has 2 aromatic rings. The van der Waals surface area contributed by atoms with Gasteiger partial charge in [0.1, 0.15) is 5.76 Å². The molecule has 0 saturated heterocycles. The molecule has 0 aliphatic carbocycles. The topological polar surface area (TPSA) is 42.4 Å². The molecule has 3 heteroatoms. The molecule has 0 amide bonds. The van der Waals surface area contributed by atoms with Crippen molar-refractivity contribution in [3.8, 4) is 0 Å².